The number of anilines is 3. The molecule has 0 fully saturated rings. The molecular formula is C26H19N. The summed E-state index contributed by atoms with van der Waals surface area (Å²) >= 11 is 0. The van der Waals surface area contributed by atoms with E-state index in [0.717, 1.165) is 12.8 Å². The quantitative estimate of drug-likeness (QED) is 0.323. The Morgan fingerprint density at radius 3 is 2.07 bits per heavy atom. The smallest absolute Gasteiger partial charge is 0.0500 e. The minimum Gasteiger partial charge on any atom is -0.310 e. The molecule has 1 aliphatic carbocycles. The van der Waals surface area contributed by atoms with E-state index in [1.54, 1.807) is 0 Å². The van der Waals surface area contributed by atoms with E-state index in [1.165, 1.54) is 50.4 Å². The van der Waals surface area contributed by atoms with Crippen molar-refractivity contribution < 1.29 is 0 Å². The standard InChI is InChI=1S/C26H19N/c1-2-10-20(11-3-1)27-25-13-7-5-9-19(25)17-24-23-16-18-8-4-6-12-21(18)22(23)14-15-26(24)27/h1-15H,16-17H2. The van der Waals surface area contributed by atoms with Crippen LogP contribution in [0.1, 0.15) is 22.3 Å². The highest BCUT2D eigenvalue weighted by molar-refractivity contribution is 5.89. The van der Waals surface area contributed by atoms with Crippen LogP contribution in [0.2, 0.25) is 0 Å². The Bertz CT molecular complexity index is 1170. The molecule has 0 spiro atoms. The van der Waals surface area contributed by atoms with Gasteiger partial charge in [0.25, 0.3) is 0 Å². The highest BCUT2D eigenvalue weighted by Crippen LogP contribution is 2.49. The van der Waals surface area contributed by atoms with Gasteiger partial charge in [0.2, 0.25) is 0 Å². The molecule has 0 saturated carbocycles. The molecule has 0 aromatic heterocycles. The van der Waals surface area contributed by atoms with E-state index in [2.05, 4.69) is 95.9 Å². The molecule has 4 aromatic carbocycles. The number of fused-ring (bicyclic) bond motifs is 6. The van der Waals surface area contributed by atoms with Crippen molar-refractivity contribution in [1.29, 1.82) is 0 Å². The number of hydrogen-bond acceptors (Lipinski definition) is 1. The molecule has 0 saturated heterocycles. The molecule has 1 heteroatoms. The molecule has 2 aliphatic rings. The first-order valence-corrected chi connectivity index (χ1v) is 9.56. The van der Waals surface area contributed by atoms with E-state index < -0.39 is 0 Å². The summed E-state index contributed by atoms with van der Waals surface area (Å²) in [5.74, 6) is 0. The maximum atomic E-state index is 2.43. The lowest BCUT2D eigenvalue weighted by atomic mass is 9.89. The first-order chi connectivity index (χ1) is 13.4. The Morgan fingerprint density at radius 2 is 1.19 bits per heavy atom. The molecule has 27 heavy (non-hydrogen) atoms. The average molecular weight is 345 g/mol. The van der Waals surface area contributed by atoms with Crippen molar-refractivity contribution in [2.75, 3.05) is 4.90 Å². The molecule has 1 aliphatic heterocycles. The van der Waals surface area contributed by atoms with Gasteiger partial charge in [0.1, 0.15) is 0 Å². The third-order valence-corrected chi connectivity index (χ3v) is 5.94. The van der Waals surface area contributed by atoms with Crippen molar-refractivity contribution in [3.8, 4) is 11.1 Å². The molecule has 1 heterocycles. The van der Waals surface area contributed by atoms with Crippen molar-refractivity contribution in [3.05, 3.63) is 113 Å². The van der Waals surface area contributed by atoms with Crippen LogP contribution >= 0.6 is 0 Å². The SMILES string of the molecule is c1ccc(N2c3ccccc3Cc3c2ccc2c3Cc3ccccc3-2)cc1. The molecular weight excluding hydrogens is 326 g/mol. The molecule has 0 unspecified atom stereocenters. The van der Waals surface area contributed by atoms with Crippen LogP contribution in [0.25, 0.3) is 11.1 Å². The fraction of sp³-hybridized carbons (Fsp3) is 0.0769. The van der Waals surface area contributed by atoms with Crippen LogP contribution in [-0.2, 0) is 12.8 Å². The molecule has 0 atom stereocenters. The van der Waals surface area contributed by atoms with Crippen molar-refractivity contribution in [2.24, 2.45) is 0 Å². The predicted octanol–water partition coefficient (Wildman–Crippen LogP) is 6.63. The lowest BCUT2D eigenvalue weighted by Crippen LogP contribution is -2.19. The van der Waals surface area contributed by atoms with Gasteiger partial charge in [0.05, 0.1) is 0 Å². The summed E-state index contributed by atoms with van der Waals surface area (Å²) in [6.07, 6.45) is 2.05. The molecule has 0 N–H and O–H groups in total. The van der Waals surface area contributed by atoms with Gasteiger partial charge >= 0.3 is 0 Å². The molecule has 0 amide bonds. The van der Waals surface area contributed by atoms with E-state index in [0.29, 0.717) is 0 Å². The van der Waals surface area contributed by atoms with Crippen LogP contribution in [0.4, 0.5) is 17.1 Å². The molecule has 6 rings (SSSR count). The summed E-state index contributed by atoms with van der Waals surface area (Å²) in [6.45, 7) is 0. The van der Waals surface area contributed by atoms with Crippen LogP contribution < -0.4 is 4.90 Å². The highest BCUT2D eigenvalue weighted by Gasteiger charge is 2.29. The number of para-hydroxylation sites is 2. The normalized spacial score (nSPS) is 13.6. The van der Waals surface area contributed by atoms with Gasteiger partial charge in [-0.2, -0.15) is 0 Å². The van der Waals surface area contributed by atoms with Gasteiger partial charge in [-0.25, -0.2) is 0 Å². The fourth-order valence-electron chi connectivity index (χ4n) is 4.72. The number of benzene rings is 4. The fourth-order valence-corrected chi connectivity index (χ4v) is 4.72. The Balaban J connectivity index is 1.61. The number of rotatable bonds is 1. The summed E-state index contributed by atoms with van der Waals surface area (Å²) in [5.41, 5.74) is 12.5. The molecule has 4 aromatic rings. The van der Waals surface area contributed by atoms with Gasteiger partial charge in [-0.15, -0.1) is 0 Å². The third-order valence-electron chi connectivity index (χ3n) is 5.94. The van der Waals surface area contributed by atoms with E-state index >= 15 is 0 Å². The maximum Gasteiger partial charge on any atom is 0.0500 e. The maximum absolute atomic E-state index is 2.43. The topological polar surface area (TPSA) is 3.24 Å². The summed E-state index contributed by atoms with van der Waals surface area (Å²) < 4.78 is 0. The van der Waals surface area contributed by atoms with Gasteiger partial charge in [-0.1, -0.05) is 66.7 Å². The first kappa shape index (κ1) is 14.8. The van der Waals surface area contributed by atoms with Gasteiger partial charge in [-0.3, -0.25) is 0 Å². The van der Waals surface area contributed by atoms with Crippen LogP contribution in [0.5, 0.6) is 0 Å². The summed E-state index contributed by atoms with van der Waals surface area (Å²) in [6, 6.07) is 33.0. The second kappa shape index (κ2) is 5.59. The summed E-state index contributed by atoms with van der Waals surface area (Å²) in [5, 5.41) is 0. The molecule has 0 radical (unpaired) electrons. The van der Waals surface area contributed by atoms with Crippen molar-refractivity contribution in [3.63, 3.8) is 0 Å². The zero-order valence-electron chi connectivity index (χ0n) is 15.0. The Morgan fingerprint density at radius 1 is 0.481 bits per heavy atom. The number of nitrogens with zero attached hydrogens (tertiary/aromatic N) is 1. The molecule has 128 valence electrons. The van der Waals surface area contributed by atoms with Crippen LogP contribution in [-0.4, -0.2) is 0 Å². The average Bonchev–Trinajstić information content (AvgIpc) is 3.12. The Kier molecular flexibility index (Phi) is 3.06. The first-order valence-electron chi connectivity index (χ1n) is 9.56. The van der Waals surface area contributed by atoms with Crippen molar-refractivity contribution in [2.45, 2.75) is 12.8 Å². The second-order valence-electron chi connectivity index (χ2n) is 7.40. The molecule has 0 bridgehead atoms. The zero-order chi connectivity index (χ0) is 17.8. The Hall–Kier alpha value is -3.32. The summed E-state index contributed by atoms with van der Waals surface area (Å²) in [7, 11) is 0. The zero-order valence-corrected chi connectivity index (χ0v) is 15.0. The van der Waals surface area contributed by atoms with Gasteiger partial charge in [0.15, 0.2) is 0 Å². The lowest BCUT2D eigenvalue weighted by Gasteiger charge is -2.34. The van der Waals surface area contributed by atoms with Gasteiger partial charge in [-0.05, 0) is 64.1 Å². The van der Waals surface area contributed by atoms with E-state index in [-0.39, 0.29) is 0 Å². The lowest BCUT2D eigenvalue weighted by molar-refractivity contribution is 1.05. The monoisotopic (exact) mass is 345 g/mol. The number of hydrogen-bond donors (Lipinski definition) is 0. The Labute approximate surface area is 159 Å². The van der Waals surface area contributed by atoms with E-state index in [4.69, 9.17) is 0 Å². The minimum absolute atomic E-state index is 1.01. The summed E-state index contributed by atoms with van der Waals surface area (Å²) in [4.78, 5) is 2.43. The second-order valence-corrected chi connectivity index (χ2v) is 7.40. The van der Waals surface area contributed by atoms with Gasteiger partial charge in [0, 0.05) is 23.5 Å². The van der Waals surface area contributed by atoms with Crippen molar-refractivity contribution in [1.82, 2.24) is 0 Å². The van der Waals surface area contributed by atoms with Crippen molar-refractivity contribution >= 4 is 17.1 Å². The van der Waals surface area contributed by atoms with E-state index in [1.807, 2.05) is 0 Å². The third kappa shape index (κ3) is 2.12. The largest absolute Gasteiger partial charge is 0.310 e. The predicted molar refractivity (Wildman–Crippen MR) is 112 cm³/mol. The highest BCUT2D eigenvalue weighted by atomic mass is 15.2. The van der Waals surface area contributed by atoms with E-state index in [9.17, 15) is 0 Å². The minimum atomic E-state index is 1.01. The van der Waals surface area contributed by atoms with Crippen LogP contribution in [0, 0.1) is 0 Å². The molecule has 1 nitrogen and oxygen atoms in total. The van der Waals surface area contributed by atoms with Crippen LogP contribution in [0.3, 0.4) is 0 Å². The van der Waals surface area contributed by atoms with Gasteiger partial charge < -0.3 is 4.90 Å². The van der Waals surface area contributed by atoms with Crippen LogP contribution in [0.15, 0.2) is 91.0 Å².